The van der Waals surface area contributed by atoms with Crippen molar-refractivity contribution in [1.29, 1.82) is 0 Å². The van der Waals surface area contributed by atoms with Crippen LogP contribution in [0.15, 0.2) is 9.59 Å². The van der Waals surface area contributed by atoms with Crippen LogP contribution in [0.2, 0.25) is 0 Å². The van der Waals surface area contributed by atoms with Gasteiger partial charge in [0.1, 0.15) is 11.3 Å². The van der Waals surface area contributed by atoms with Gasteiger partial charge in [-0.1, -0.05) is 0 Å². The van der Waals surface area contributed by atoms with Crippen LogP contribution in [0.5, 0.6) is 0 Å². The van der Waals surface area contributed by atoms with E-state index >= 15 is 0 Å². The van der Waals surface area contributed by atoms with E-state index in [0.29, 0.717) is 42.9 Å². The maximum atomic E-state index is 12.3. The Labute approximate surface area is 150 Å². The lowest BCUT2D eigenvalue weighted by Crippen LogP contribution is -2.40. The molecule has 0 spiro atoms. The van der Waals surface area contributed by atoms with Gasteiger partial charge in [0.15, 0.2) is 5.65 Å². The van der Waals surface area contributed by atoms with Crippen molar-refractivity contribution in [2.24, 2.45) is 14.1 Å². The number of fused-ring (bicyclic) bond motifs is 1. The largest absolute Gasteiger partial charge is 0.384 e. The first-order valence-corrected chi connectivity index (χ1v) is 9.99. The number of hydrogen-bond donors (Lipinski definition) is 1. The number of nitrogens with zero attached hydrogens (tertiary/aromatic N) is 4. The standard InChI is InChI=1S/C15H23N5O5S/c1-18-13-11(14(21)19(2)15(18)22)16-12(17-13)10-4-6-20(7-5-10)26(23,24)9-8-25-3/h10H,4-9H2,1-3H3,(H,16,17). The van der Waals surface area contributed by atoms with Crippen LogP contribution >= 0.6 is 0 Å². The molecule has 144 valence electrons. The van der Waals surface area contributed by atoms with E-state index in [1.165, 1.54) is 23.0 Å². The second kappa shape index (κ2) is 6.97. The molecule has 2 aromatic rings. The molecule has 0 radical (unpaired) electrons. The summed E-state index contributed by atoms with van der Waals surface area (Å²) >= 11 is 0. The summed E-state index contributed by atoms with van der Waals surface area (Å²) < 4.78 is 33.2. The molecule has 0 bridgehead atoms. The molecule has 11 heteroatoms. The van der Waals surface area contributed by atoms with Crippen molar-refractivity contribution in [2.45, 2.75) is 18.8 Å². The van der Waals surface area contributed by atoms with E-state index in [9.17, 15) is 18.0 Å². The first-order valence-electron chi connectivity index (χ1n) is 8.38. The first kappa shape index (κ1) is 18.8. The lowest BCUT2D eigenvalue weighted by Gasteiger charge is -2.30. The van der Waals surface area contributed by atoms with Crippen LogP contribution in [-0.2, 0) is 28.9 Å². The van der Waals surface area contributed by atoms with Gasteiger partial charge in [0, 0.05) is 40.2 Å². The van der Waals surface area contributed by atoms with Gasteiger partial charge >= 0.3 is 5.69 Å². The highest BCUT2D eigenvalue weighted by Gasteiger charge is 2.30. The van der Waals surface area contributed by atoms with E-state index in [-0.39, 0.29) is 18.3 Å². The number of hydrogen-bond acceptors (Lipinski definition) is 6. The molecule has 1 N–H and O–H groups in total. The number of imidazole rings is 1. The third-order valence-corrected chi connectivity index (χ3v) is 6.73. The van der Waals surface area contributed by atoms with E-state index in [4.69, 9.17) is 4.74 Å². The summed E-state index contributed by atoms with van der Waals surface area (Å²) in [6.45, 7) is 0.957. The third-order valence-electron chi connectivity index (χ3n) is 4.89. The Balaban J connectivity index is 1.82. The molecule has 10 nitrogen and oxygen atoms in total. The van der Waals surface area contributed by atoms with Crippen molar-refractivity contribution >= 4 is 21.2 Å². The Morgan fingerprint density at radius 2 is 1.85 bits per heavy atom. The molecule has 0 aromatic carbocycles. The molecule has 3 heterocycles. The summed E-state index contributed by atoms with van der Waals surface area (Å²) in [4.78, 5) is 31.8. The van der Waals surface area contributed by atoms with Crippen LogP contribution in [-0.4, -0.2) is 64.4 Å². The van der Waals surface area contributed by atoms with Crippen molar-refractivity contribution in [2.75, 3.05) is 32.6 Å². The molecule has 3 rings (SSSR count). The predicted octanol–water partition coefficient (Wildman–Crippen LogP) is -0.884. The third kappa shape index (κ3) is 3.21. The zero-order valence-electron chi connectivity index (χ0n) is 15.1. The zero-order valence-corrected chi connectivity index (χ0v) is 15.9. The van der Waals surface area contributed by atoms with Crippen LogP contribution in [0.25, 0.3) is 11.2 Å². The SMILES string of the molecule is COCCS(=O)(=O)N1CCC(c2nc3c([nH]2)c(=O)n(C)c(=O)n3C)CC1. The molecule has 0 aliphatic carbocycles. The number of methoxy groups -OCH3 is 1. The lowest BCUT2D eigenvalue weighted by atomic mass is 9.98. The molecule has 1 aliphatic heterocycles. The van der Waals surface area contributed by atoms with Gasteiger partial charge in [-0.2, -0.15) is 0 Å². The average Bonchev–Trinajstić information content (AvgIpc) is 3.09. The molecular weight excluding hydrogens is 362 g/mol. The number of ether oxygens (including phenoxy) is 1. The minimum absolute atomic E-state index is 0.0103. The number of sulfonamides is 1. The Hall–Kier alpha value is -1.98. The monoisotopic (exact) mass is 385 g/mol. The van der Waals surface area contributed by atoms with Crippen LogP contribution in [0.1, 0.15) is 24.6 Å². The summed E-state index contributed by atoms with van der Waals surface area (Å²) in [5, 5.41) is 0. The van der Waals surface area contributed by atoms with Gasteiger partial charge in [0.2, 0.25) is 10.0 Å². The van der Waals surface area contributed by atoms with Crippen molar-refractivity contribution in [3.8, 4) is 0 Å². The number of H-pyrrole nitrogens is 1. The average molecular weight is 385 g/mol. The molecule has 26 heavy (non-hydrogen) atoms. The van der Waals surface area contributed by atoms with E-state index in [2.05, 4.69) is 9.97 Å². The van der Waals surface area contributed by atoms with Crippen molar-refractivity contribution in [1.82, 2.24) is 23.4 Å². The van der Waals surface area contributed by atoms with Crippen LogP contribution in [0.4, 0.5) is 0 Å². The molecule has 1 saturated heterocycles. The van der Waals surface area contributed by atoms with Crippen LogP contribution < -0.4 is 11.2 Å². The minimum atomic E-state index is -3.32. The molecule has 0 unspecified atom stereocenters. The van der Waals surface area contributed by atoms with Gasteiger partial charge in [0.05, 0.1) is 12.4 Å². The molecule has 1 fully saturated rings. The predicted molar refractivity (Wildman–Crippen MR) is 95.8 cm³/mol. The lowest BCUT2D eigenvalue weighted by molar-refractivity contribution is 0.214. The van der Waals surface area contributed by atoms with E-state index in [0.717, 1.165) is 4.57 Å². The number of rotatable bonds is 5. The molecule has 1 aliphatic rings. The molecule has 0 saturated carbocycles. The zero-order chi connectivity index (χ0) is 19.1. The van der Waals surface area contributed by atoms with Gasteiger partial charge in [-0.05, 0) is 12.8 Å². The van der Waals surface area contributed by atoms with Gasteiger partial charge in [-0.3, -0.25) is 13.9 Å². The van der Waals surface area contributed by atoms with Gasteiger partial charge in [0.25, 0.3) is 5.56 Å². The number of nitrogens with one attached hydrogen (secondary N) is 1. The first-order chi connectivity index (χ1) is 12.3. The Kier molecular flexibility index (Phi) is 5.04. The van der Waals surface area contributed by atoms with Crippen molar-refractivity contribution < 1.29 is 13.2 Å². The highest BCUT2D eigenvalue weighted by Crippen LogP contribution is 2.28. The number of aromatic nitrogens is 4. The summed E-state index contributed by atoms with van der Waals surface area (Å²) in [5.74, 6) is 0.597. The molecular formula is C15H23N5O5S. The fourth-order valence-corrected chi connectivity index (χ4v) is 4.67. The number of aryl methyl sites for hydroxylation is 1. The van der Waals surface area contributed by atoms with Gasteiger partial charge < -0.3 is 9.72 Å². The normalized spacial score (nSPS) is 17.2. The number of piperidine rings is 1. The summed E-state index contributed by atoms with van der Waals surface area (Å²) in [5.41, 5.74) is -0.232. The van der Waals surface area contributed by atoms with E-state index < -0.39 is 21.3 Å². The quantitative estimate of drug-likeness (QED) is 0.714. The maximum Gasteiger partial charge on any atom is 0.332 e. The highest BCUT2D eigenvalue weighted by molar-refractivity contribution is 7.89. The van der Waals surface area contributed by atoms with Crippen LogP contribution in [0, 0.1) is 0 Å². The summed E-state index contributed by atoms with van der Waals surface area (Å²) in [6, 6.07) is 0. The highest BCUT2D eigenvalue weighted by atomic mass is 32.2. The Morgan fingerprint density at radius 3 is 2.46 bits per heavy atom. The minimum Gasteiger partial charge on any atom is -0.384 e. The molecule has 0 atom stereocenters. The van der Waals surface area contributed by atoms with Gasteiger partial charge in [-0.25, -0.2) is 22.5 Å². The topological polar surface area (TPSA) is 119 Å². The van der Waals surface area contributed by atoms with Crippen molar-refractivity contribution in [3.05, 3.63) is 26.7 Å². The second-order valence-electron chi connectivity index (χ2n) is 6.51. The van der Waals surface area contributed by atoms with E-state index in [1.54, 1.807) is 7.05 Å². The van der Waals surface area contributed by atoms with Gasteiger partial charge in [-0.15, -0.1) is 0 Å². The summed E-state index contributed by atoms with van der Waals surface area (Å²) in [7, 11) is 1.15. The summed E-state index contributed by atoms with van der Waals surface area (Å²) in [6.07, 6.45) is 1.20. The van der Waals surface area contributed by atoms with Crippen LogP contribution in [0.3, 0.4) is 0 Å². The Morgan fingerprint density at radius 1 is 1.19 bits per heavy atom. The molecule has 2 aromatic heterocycles. The molecule has 0 amide bonds. The smallest absolute Gasteiger partial charge is 0.332 e. The number of aromatic amines is 1. The second-order valence-corrected chi connectivity index (χ2v) is 8.60. The van der Waals surface area contributed by atoms with Crippen molar-refractivity contribution in [3.63, 3.8) is 0 Å². The fraction of sp³-hybridized carbons (Fsp3) is 0.667. The van der Waals surface area contributed by atoms with E-state index in [1.807, 2.05) is 0 Å². The fourth-order valence-electron chi connectivity index (χ4n) is 3.26. The Bertz CT molecular complexity index is 1030. The maximum absolute atomic E-state index is 12.3.